The Morgan fingerprint density at radius 1 is 1.33 bits per heavy atom. The Balaban J connectivity index is 2.62. The van der Waals surface area contributed by atoms with Gasteiger partial charge in [-0.05, 0) is 56.5 Å². The van der Waals surface area contributed by atoms with E-state index in [4.69, 9.17) is 5.11 Å². The number of amides is 2. The van der Waals surface area contributed by atoms with Crippen LogP contribution < -0.4 is 10.8 Å². The summed E-state index contributed by atoms with van der Waals surface area (Å²) < 4.78 is 1.39. The molecule has 18 heavy (non-hydrogen) atoms. The molecule has 0 aliphatic heterocycles. The van der Waals surface area contributed by atoms with Crippen LogP contribution in [-0.2, 0) is 9.63 Å². The smallest absolute Gasteiger partial charge is 0.343 e. The fourth-order valence-corrected chi connectivity index (χ4v) is 2.74. The van der Waals surface area contributed by atoms with E-state index in [-0.39, 0.29) is 0 Å². The van der Waals surface area contributed by atoms with E-state index in [2.05, 4.69) is 42.0 Å². The maximum absolute atomic E-state index is 11.4. The van der Waals surface area contributed by atoms with Gasteiger partial charge in [0, 0.05) is 8.95 Å². The van der Waals surface area contributed by atoms with Gasteiger partial charge in [-0.1, -0.05) is 0 Å². The molecule has 0 aliphatic rings. The van der Waals surface area contributed by atoms with Gasteiger partial charge in [0.25, 0.3) is 0 Å². The van der Waals surface area contributed by atoms with Gasteiger partial charge in [-0.25, -0.2) is 15.1 Å². The molecule has 1 aromatic rings. The highest BCUT2D eigenvalue weighted by Crippen LogP contribution is 2.32. The summed E-state index contributed by atoms with van der Waals surface area (Å²) in [5.41, 5.74) is 3.50. The first-order chi connectivity index (χ1) is 8.40. The van der Waals surface area contributed by atoms with E-state index < -0.39 is 18.6 Å². The number of carboxylic acid groups (broad SMARTS) is 1. The van der Waals surface area contributed by atoms with E-state index in [0.29, 0.717) is 14.6 Å². The summed E-state index contributed by atoms with van der Waals surface area (Å²) >= 11 is 6.62. The molecule has 1 rings (SSSR count). The minimum atomic E-state index is -1.17. The van der Waals surface area contributed by atoms with E-state index in [0.717, 1.165) is 5.56 Å². The Morgan fingerprint density at radius 3 is 2.39 bits per heavy atom. The zero-order valence-electron chi connectivity index (χ0n) is 9.29. The third-order valence-electron chi connectivity index (χ3n) is 1.79. The zero-order chi connectivity index (χ0) is 13.7. The minimum absolute atomic E-state index is 0.525. The number of urea groups is 1. The number of carboxylic acids is 1. The zero-order valence-corrected chi connectivity index (χ0v) is 12.5. The Kier molecular flexibility index (Phi) is 5.57. The second-order valence-corrected chi connectivity index (χ2v) is 5.05. The molecule has 6 nitrogen and oxygen atoms in total. The molecule has 0 atom stereocenters. The lowest BCUT2D eigenvalue weighted by Crippen LogP contribution is -2.31. The maximum Gasteiger partial charge on any atom is 0.343 e. The van der Waals surface area contributed by atoms with Crippen molar-refractivity contribution in [2.75, 3.05) is 11.9 Å². The van der Waals surface area contributed by atoms with Crippen molar-refractivity contribution in [3.8, 4) is 0 Å². The van der Waals surface area contributed by atoms with E-state index in [1.807, 2.05) is 24.5 Å². The van der Waals surface area contributed by atoms with Crippen molar-refractivity contribution >= 4 is 49.5 Å². The molecule has 1 aromatic carbocycles. The maximum atomic E-state index is 11.4. The van der Waals surface area contributed by atoms with E-state index in [1.54, 1.807) is 0 Å². The number of carbonyl (C=O) groups excluding carboxylic acids is 1. The van der Waals surface area contributed by atoms with Crippen molar-refractivity contribution in [2.45, 2.75) is 6.92 Å². The van der Waals surface area contributed by atoms with Crippen LogP contribution in [0.5, 0.6) is 0 Å². The molecule has 8 heteroatoms. The quantitative estimate of drug-likeness (QED) is 0.699. The van der Waals surface area contributed by atoms with Crippen LogP contribution in [0.15, 0.2) is 21.1 Å². The van der Waals surface area contributed by atoms with Crippen LogP contribution in [0.1, 0.15) is 5.56 Å². The van der Waals surface area contributed by atoms with Crippen LogP contribution in [0.3, 0.4) is 0 Å². The highest BCUT2D eigenvalue weighted by atomic mass is 79.9. The normalized spacial score (nSPS) is 9.94. The molecule has 0 aliphatic carbocycles. The summed E-state index contributed by atoms with van der Waals surface area (Å²) in [6.45, 7) is 1.30. The number of aliphatic carboxylic acids is 1. The van der Waals surface area contributed by atoms with Gasteiger partial charge in [0.15, 0.2) is 6.61 Å². The minimum Gasteiger partial charge on any atom is -0.479 e. The van der Waals surface area contributed by atoms with Crippen molar-refractivity contribution < 1.29 is 19.5 Å². The van der Waals surface area contributed by atoms with Crippen molar-refractivity contribution in [1.29, 1.82) is 0 Å². The number of halogens is 2. The lowest BCUT2D eigenvalue weighted by atomic mass is 10.2. The van der Waals surface area contributed by atoms with Gasteiger partial charge in [0.05, 0.1) is 5.69 Å². The van der Waals surface area contributed by atoms with Gasteiger partial charge < -0.3 is 10.4 Å². The molecule has 0 fully saturated rings. The summed E-state index contributed by atoms with van der Waals surface area (Å²) in [6.07, 6.45) is 0. The number of hydrogen-bond acceptors (Lipinski definition) is 3. The SMILES string of the molecule is Cc1cc(Br)c(NC(=O)NOCC(=O)O)c(Br)c1. The number of benzene rings is 1. The molecular formula is C10H10Br2N2O4. The number of rotatable bonds is 4. The molecule has 0 unspecified atom stereocenters. The molecular weight excluding hydrogens is 372 g/mol. The molecule has 0 spiro atoms. The molecule has 0 heterocycles. The van der Waals surface area contributed by atoms with Crippen LogP contribution in [-0.4, -0.2) is 23.7 Å². The lowest BCUT2D eigenvalue weighted by Gasteiger charge is -2.11. The Hall–Kier alpha value is -1.12. The summed E-state index contributed by atoms with van der Waals surface area (Å²) in [6, 6.07) is 3.00. The highest BCUT2D eigenvalue weighted by Gasteiger charge is 2.10. The first-order valence-corrected chi connectivity index (χ1v) is 6.35. The van der Waals surface area contributed by atoms with Crippen molar-refractivity contribution in [3.63, 3.8) is 0 Å². The summed E-state index contributed by atoms with van der Waals surface area (Å²) in [5, 5.41) is 10.8. The van der Waals surface area contributed by atoms with Crippen LogP contribution >= 0.6 is 31.9 Å². The highest BCUT2D eigenvalue weighted by molar-refractivity contribution is 9.11. The number of anilines is 1. The first-order valence-electron chi connectivity index (χ1n) is 4.76. The largest absolute Gasteiger partial charge is 0.479 e. The van der Waals surface area contributed by atoms with Crippen molar-refractivity contribution in [3.05, 3.63) is 26.6 Å². The molecule has 2 amide bonds. The van der Waals surface area contributed by atoms with E-state index >= 15 is 0 Å². The van der Waals surface area contributed by atoms with Crippen molar-refractivity contribution in [2.24, 2.45) is 0 Å². The number of aryl methyl sites for hydroxylation is 1. The molecule has 98 valence electrons. The topological polar surface area (TPSA) is 87.7 Å². The van der Waals surface area contributed by atoms with Gasteiger partial charge in [0.1, 0.15) is 0 Å². The standard InChI is InChI=1S/C10H10Br2N2O4/c1-5-2-6(11)9(7(12)3-5)13-10(17)14-18-4-8(15)16/h2-3H,4H2,1H3,(H,15,16)(H2,13,14,17). The first kappa shape index (κ1) is 14.9. The third-order valence-corrected chi connectivity index (χ3v) is 3.04. The summed E-state index contributed by atoms with van der Waals surface area (Å²) in [5.74, 6) is -1.17. The van der Waals surface area contributed by atoms with Gasteiger partial charge in [0.2, 0.25) is 0 Å². The van der Waals surface area contributed by atoms with E-state index in [9.17, 15) is 9.59 Å². The predicted octanol–water partition coefficient (Wildman–Crippen LogP) is 2.66. The van der Waals surface area contributed by atoms with Gasteiger partial charge in [-0.15, -0.1) is 0 Å². The van der Waals surface area contributed by atoms with Crippen LogP contribution in [0, 0.1) is 6.92 Å². The molecule has 0 saturated heterocycles. The Labute approximate surface area is 120 Å². The number of hydroxylamine groups is 1. The van der Waals surface area contributed by atoms with Crippen LogP contribution in [0.4, 0.5) is 10.5 Å². The summed E-state index contributed by atoms with van der Waals surface area (Å²) in [4.78, 5) is 26.0. The second kappa shape index (κ2) is 6.72. The monoisotopic (exact) mass is 380 g/mol. The molecule has 0 bridgehead atoms. The van der Waals surface area contributed by atoms with Crippen LogP contribution in [0.2, 0.25) is 0 Å². The van der Waals surface area contributed by atoms with Gasteiger partial charge >= 0.3 is 12.0 Å². The number of nitrogens with one attached hydrogen (secondary N) is 2. The predicted molar refractivity (Wildman–Crippen MR) is 72.3 cm³/mol. The number of carbonyl (C=O) groups is 2. The van der Waals surface area contributed by atoms with Gasteiger partial charge in [-0.2, -0.15) is 0 Å². The molecule has 0 aromatic heterocycles. The second-order valence-electron chi connectivity index (χ2n) is 3.34. The fraction of sp³-hybridized carbons (Fsp3) is 0.200. The average Bonchev–Trinajstić information content (AvgIpc) is 2.22. The van der Waals surface area contributed by atoms with Crippen molar-refractivity contribution in [1.82, 2.24) is 5.48 Å². The van der Waals surface area contributed by atoms with Crippen LogP contribution in [0.25, 0.3) is 0 Å². The lowest BCUT2D eigenvalue weighted by molar-refractivity contribution is -0.143. The molecule has 3 N–H and O–H groups in total. The summed E-state index contributed by atoms with van der Waals surface area (Å²) in [7, 11) is 0. The third kappa shape index (κ3) is 4.63. The fourth-order valence-electron chi connectivity index (χ4n) is 1.12. The van der Waals surface area contributed by atoms with Gasteiger partial charge in [-0.3, -0.25) is 4.84 Å². The average molecular weight is 382 g/mol. The van der Waals surface area contributed by atoms with E-state index in [1.165, 1.54) is 0 Å². The number of hydrogen-bond donors (Lipinski definition) is 3. The molecule has 0 radical (unpaired) electrons. The Morgan fingerprint density at radius 2 is 1.89 bits per heavy atom. The molecule has 0 saturated carbocycles. The Bertz CT molecular complexity index is 456.